The van der Waals surface area contributed by atoms with E-state index in [-0.39, 0.29) is 0 Å². The Kier molecular flexibility index (Phi) is 11.2. The fourth-order valence-corrected chi connectivity index (χ4v) is 3.39. The SMILES string of the molecule is CCN(CC)CCN(C)c1ccc(/C=C/c2ccnc3ccccc23)cc1.O=C(O)/C=C/C(=O)O. The number of aromatic nitrogens is 1. The molecule has 0 unspecified atom stereocenters. The van der Waals surface area contributed by atoms with Gasteiger partial charge in [0.15, 0.2) is 0 Å². The normalized spacial score (nSPS) is 11.1. The lowest BCUT2D eigenvalue weighted by atomic mass is 10.1. The maximum absolute atomic E-state index is 9.55. The van der Waals surface area contributed by atoms with Gasteiger partial charge in [0, 0.05) is 49.6 Å². The average molecular weight is 476 g/mol. The van der Waals surface area contributed by atoms with Crippen LogP contribution in [0.25, 0.3) is 23.1 Å². The minimum Gasteiger partial charge on any atom is -0.478 e. The number of nitrogens with zero attached hydrogens (tertiary/aromatic N) is 3. The first-order valence-corrected chi connectivity index (χ1v) is 11.5. The second-order valence-corrected chi connectivity index (χ2v) is 7.80. The number of pyridine rings is 1. The predicted octanol–water partition coefficient (Wildman–Crippen LogP) is 4.90. The van der Waals surface area contributed by atoms with Crippen LogP contribution in [0, 0.1) is 0 Å². The third kappa shape index (κ3) is 9.43. The predicted molar refractivity (Wildman–Crippen MR) is 143 cm³/mol. The van der Waals surface area contributed by atoms with Crippen molar-refractivity contribution in [1.82, 2.24) is 9.88 Å². The zero-order valence-electron chi connectivity index (χ0n) is 20.5. The largest absolute Gasteiger partial charge is 0.478 e. The number of rotatable bonds is 10. The van der Waals surface area contributed by atoms with Crippen LogP contribution in [0.4, 0.5) is 5.69 Å². The van der Waals surface area contributed by atoms with E-state index in [0.29, 0.717) is 12.2 Å². The smallest absolute Gasteiger partial charge is 0.328 e. The molecule has 0 bridgehead atoms. The van der Waals surface area contributed by atoms with Crippen molar-refractivity contribution in [3.05, 3.63) is 84.1 Å². The zero-order chi connectivity index (χ0) is 25.6. The van der Waals surface area contributed by atoms with Crippen molar-refractivity contribution in [3.8, 4) is 0 Å². The molecule has 184 valence electrons. The van der Waals surface area contributed by atoms with E-state index in [0.717, 1.165) is 31.7 Å². The molecule has 0 radical (unpaired) electrons. The highest BCUT2D eigenvalue weighted by atomic mass is 16.4. The fourth-order valence-electron chi connectivity index (χ4n) is 3.39. The van der Waals surface area contributed by atoms with Gasteiger partial charge >= 0.3 is 11.9 Å². The molecule has 7 heteroatoms. The van der Waals surface area contributed by atoms with Crippen LogP contribution in [-0.2, 0) is 9.59 Å². The summed E-state index contributed by atoms with van der Waals surface area (Å²) in [5, 5.41) is 16.8. The number of anilines is 1. The molecule has 7 nitrogen and oxygen atoms in total. The van der Waals surface area contributed by atoms with E-state index < -0.39 is 11.9 Å². The van der Waals surface area contributed by atoms with E-state index in [1.165, 1.54) is 22.2 Å². The van der Waals surface area contributed by atoms with Crippen molar-refractivity contribution in [2.24, 2.45) is 0 Å². The summed E-state index contributed by atoms with van der Waals surface area (Å²) in [7, 11) is 2.16. The Hall–Kier alpha value is -3.97. The molecule has 0 atom stereocenters. The molecule has 0 saturated heterocycles. The van der Waals surface area contributed by atoms with E-state index >= 15 is 0 Å². The van der Waals surface area contributed by atoms with E-state index in [1.54, 1.807) is 0 Å². The first-order valence-electron chi connectivity index (χ1n) is 11.5. The molecule has 0 spiro atoms. The van der Waals surface area contributed by atoms with E-state index in [9.17, 15) is 9.59 Å². The molecule has 2 N–H and O–H groups in total. The molecular weight excluding hydrogens is 442 g/mol. The Labute approximate surface area is 206 Å². The highest BCUT2D eigenvalue weighted by Crippen LogP contribution is 2.20. The van der Waals surface area contributed by atoms with E-state index in [2.05, 4.69) is 96.4 Å². The molecule has 0 saturated carbocycles. The highest BCUT2D eigenvalue weighted by molar-refractivity contribution is 5.90. The number of para-hydroxylation sites is 1. The van der Waals surface area contributed by atoms with Crippen molar-refractivity contribution >= 4 is 40.7 Å². The molecular formula is C28H33N3O4. The summed E-state index contributed by atoms with van der Waals surface area (Å²) in [5.74, 6) is -2.51. The molecule has 1 aromatic heterocycles. The van der Waals surface area contributed by atoms with Gasteiger partial charge in [-0.2, -0.15) is 0 Å². The minimum absolute atomic E-state index is 0.558. The highest BCUT2D eigenvalue weighted by Gasteiger charge is 2.04. The number of likely N-dealkylation sites (N-methyl/N-ethyl adjacent to an activating group) is 2. The number of fused-ring (bicyclic) bond motifs is 1. The fraction of sp³-hybridized carbons (Fsp3) is 0.250. The van der Waals surface area contributed by atoms with Crippen LogP contribution in [0.2, 0.25) is 0 Å². The van der Waals surface area contributed by atoms with Crippen molar-refractivity contribution in [3.63, 3.8) is 0 Å². The summed E-state index contributed by atoms with van der Waals surface area (Å²) >= 11 is 0. The molecule has 3 rings (SSSR count). The van der Waals surface area contributed by atoms with Gasteiger partial charge in [-0.25, -0.2) is 9.59 Å². The summed E-state index contributed by atoms with van der Waals surface area (Å²) in [6.07, 6.45) is 7.32. The second kappa shape index (κ2) is 14.3. The maximum atomic E-state index is 9.55. The summed E-state index contributed by atoms with van der Waals surface area (Å²) in [6.45, 7) is 8.79. The lowest BCUT2D eigenvalue weighted by Gasteiger charge is -2.24. The third-order valence-corrected chi connectivity index (χ3v) is 5.49. The quantitative estimate of drug-likeness (QED) is 0.403. The molecule has 1 heterocycles. The van der Waals surface area contributed by atoms with Crippen LogP contribution >= 0.6 is 0 Å². The van der Waals surface area contributed by atoms with Crippen molar-refractivity contribution in [2.75, 3.05) is 38.1 Å². The molecule has 0 amide bonds. The number of carboxylic acids is 2. The van der Waals surface area contributed by atoms with Gasteiger partial charge in [0.1, 0.15) is 0 Å². The van der Waals surface area contributed by atoms with Crippen LogP contribution in [0.3, 0.4) is 0 Å². The van der Waals surface area contributed by atoms with Gasteiger partial charge in [-0.15, -0.1) is 0 Å². The van der Waals surface area contributed by atoms with Gasteiger partial charge in [-0.05, 0) is 48.5 Å². The van der Waals surface area contributed by atoms with E-state index in [4.69, 9.17) is 10.2 Å². The molecule has 35 heavy (non-hydrogen) atoms. The van der Waals surface area contributed by atoms with E-state index in [1.807, 2.05) is 12.3 Å². The number of aliphatic carboxylic acids is 2. The van der Waals surface area contributed by atoms with Crippen LogP contribution in [0.1, 0.15) is 25.0 Å². The number of carbonyl (C=O) groups is 2. The number of hydrogen-bond donors (Lipinski definition) is 2. The minimum atomic E-state index is -1.26. The van der Waals surface area contributed by atoms with Gasteiger partial charge in [0.25, 0.3) is 0 Å². The van der Waals surface area contributed by atoms with Crippen LogP contribution in [0.15, 0.2) is 72.9 Å². The summed E-state index contributed by atoms with van der Waals surface area (Å²) in [4.78, 5) is 28.3. The van der Waals surface area contributed by atoms with Gasteiger partial charge < -0.3 is 20.0 Å². The number of carboxylic acid groups (broad SMARTS) is 2. The lowest BCUT2D eigenvalue weighted by Crippen LogP contribution is -2.33. The standard InChI is InChI=1S/C24H29N3.C4H4O4/c1-4-27(5-2)19-18-26(3)22-14-11-20(12-15-22)10-13-21-16-17-25-24-9-7-6-8-23(21)24;5-3(6)1-2-4(7)8/h6-17H,4-5,18-19H2,1-3H3;1-2H,(H,5,6)(H,7,8)/b13-10+;2-1+. The zero-order valence-corrected chi connectivity index (χ0v) is 20.5. The third-order valence-electron chi connectivity index (χ3n) is 5.49. The molecule has 0 aliphatic rings. The molecule has 3 aromatic rings. The summed E-state index contributed by atoms with van der Waals surface area (Å²) < 4.78 is 0. The van der Waals surface area contributed by atoms with Crippen LogP contribution < -0.4 is 4.90 Å². The molecule has 2 aromatic carbocycles. The van der Waals surface area contributed by atoms with Gasteiger partial charge in [-0.3, -0.25) is 4.98 Å². The first-order chi connectivity index (χ1) is 16.8. The Balaban J connectivity index is 0.000000466. The van der Waals surface area contributed by atoms with Gasteiger partial charge in [0.2, 0.25) is 0 Å². The maximum Gasteiger partial charge on any atom is 0.328 e. The first kappa shape index (κ1) is 27.3. The van der Waals surface area contributed by atoms with Gasteiger partial charge in [-0.1, -0.05) is 56.3 Å². The van der Waals surface area contributed by atoms with Crippen molar-refractivity contribution < 1.29 is 19.8 Å². The summed E-state index contributed by atoms with van der Waals surface area (Å²) in [5.41, 5.74) is 4.69. The Bertz CT molecular complexity index is 1130. The second-order valence-electron chi connectivity index (χ2n) is 7.80. The number of hydrogen-bond acceptors (Lipinski definition) is 5. The van der Waals surface area contributed by atoms with Crippen LogP contribution in [0.5, 0.6) is 0 Å². The van der Waals surface area contributed by atoms with Crippen molar-refractivity contribution in [1.29, 1.82) is 0 Å². The van der Waals surface area contributed by atoms with Gasteiger partial charge in [0.05, 0.1) is 5.52 Å². The monoisotopic (exact) mass is 475 g/mol. The van der Waals surface area contributed by atoms with Crippen molar-refractivity contribution in [2.45, 2.75) is 13.8 Å². The molecule has 0 fully saturated rings. The Morgan fingerprint density at radius 1 is 0.857 bits per heavy atom. The summed E-state index contributed by atoms with van der Waals surface area (Å²) in [6, 6.07) is 19.1. The Morgan fingerprint density at radius 3 is 2.09 bits per heavy atom. The molecule has 0 aliphatic carbocycles. The topological polar surface area (TPSA) is 94.0 Å². The molecule has 0 aliphatic heterocycles. The lowest BCUT2D eigenvalue weighted by molar-refractivity contribution is -0.134. The number of benzene rings is 2. The average Bonchev–Trinajstić information content (AvgIpc) is 2.87. The van der Waals surface area contributed by atoms with Crippen LogP contribution in [-0.4, -0.2) is 65.3 Å². The Morgan fingerprint density at radius 2 is 1.49 bits per heavy atom.